The van der Waals surface area contributed by atoms with Crippen LogP contribution in [-0.2, 0) is 4.74 Å². The van der Waals surface area contributed by atoms with Crippen LogP contribution in [-0.4, -0.2) is 26.3 Å². The third-order valence-corrected chi connectivity index (χ3v) is 2.73. The van der Waals surface area contributed by atoms with E-state index in [-0.39, 0.29) is 0 Å². The summed E-state index contributed by atoms with van der Waals surface area (Å²) in [5.74, 6) is 1.60. The van der Waals surface area contributed by atoms with Crippen LogP contribution in [0.4, 0.5) is 0 Å². The molecule has 1 aliphatic heterocycles. The molecule has 1 N–H and O–H groups in total. The van der Waals surface area contributed by atoms with Crippen molar-refractivity contribution >= 4 is 0 Å². The maximum absolute atomic E-state index is 5.32. The molecule has 1 fully saturated rings. The quantitative estimate of drug-likeness (QED) is 0.684. The lowest BCUT2D eigenvalue weighted by molar-refractivity contribution is 0.185. The Morgan fingerprint density at radius 2 is 2.38 bits per heavy atom. The van der Waals surface area contributed by atoms with E-state index in [1.807, 2.05) is 0 Å². The molecule has 1 rings (SSSR count). The van der Waals surface area contributed by atoms with Gasteiger partial charge in [-0.1, -0.05) is 20.3 Å². The van der Waals surface area contributed by atoms with Crippen molar-refractivity contribution in [1.82, 2.24) is 5.32 Å². The Hall–Kier alpha value is -0.0800. The maximum Gasteiger partial charge on any atom is 0.0507 e. The first-order valence-electron chi connectivity index (χ1n) is 5.61. The molecule has 0 amide bonds. The fourth-order valence-electron chi connectivity index (χ4n) is 1.87. The minimum Gasteiger partial charge on any atom is -0.381 e. The van der Waals surface area contributed by atoms with Gasteiger partial charge in [0.1, 0.15) is 0 Å². The van der Waals surface area contributed by atoms with E-state index in [0.29, 0.717) is 0 Å². The summed E-state index contributed by atoms with van der Waals surface area (Å²) in [6.07, 6.45) is 3.89. The van der Waals surface area contributed by atoms with E-state index in [2.05, 4.69) is 19.2 Å². The first-order valence-corrected chi connectivity index (χ1v) is 5.61. The SMILES string of the molecule is CCCC(C)CNCC1CCOC1. The average molecular weight is 185 g/mol. The third-order valence-electron chi connectivity index (χ3n) is 2.73. The molecule has 0 saturated carbocycles. The van der Waals surface area contributed by atoms with E-state index in [1.54, 1.807) is 0 Å². The number of rotatable bonds is 6. The van der Waals surface area contributed by atoms with Gasteiger partial charge in [-0.3, -0.25) is 0 Å². The zero-order chi connectivity index (χ0) is 9.52. The Kier molecular flexibility index (Phi) is 5.40. The Morgan fingerprint density at radius 3 is 3.00 bits per heavy atom. The van der Waals surface area contributed by atoms with Crippen molar-refractivity contribution in [3.8, 4) is 0 Å². The molecule has 2 nitrogen and oxygen atoms in total. The molecule has 1 saturated heterocycles. The predicted molar refractivity (Wildman–Crippen MR) is 55.9 cm³/mol. The van der Waals surface area contributed by atoms with Gasteiger partial charge in [0.15, 0.2) is 0 Å². The normalized spacial score (nSPS) is 24.9. The minimum atomic E-state index is 0.772. The summed E-state index contributed by atoms with van der Waals surface area (Å²) in [5, 5.41) is 3.53. The van der Waals surface area contributed by atoms with Crippen LogP contribution in [0.15, 0.2) is 0 Å². The van der Waals surface area contributed by atoms with Crippen LogP contribution in [0.1, 0.15) is 33.1 Å². The van der Waals surface area contributed by atoms with Crippen LogP contribution < -0.4 is 5.32 Å². The van der Waals surface area contributed by atoms with Crippen LogP contribution in [0, 0.1) is 11.8 Å². The molecule has 2 atom stereocenters. The van der Waals surface area contributed by atoms with Crippen LogP contribution in [0.25, 0.3) is 0 Å². The highest BCUT2D eigenvalue weighted by atomic mass is 16.5. The Balaban J connectivity index is 1.93. The first-order chi connectivity index (χ1) is 6.33. The fourth-order valence-corrected chi connectivity index (χ4v) is 1.87. The van der Waals surface area contributed by atoms with Crippen molar-refractivity contribution in [2.45, 2.75) is 33.1 Å². The lowest BCUT2D eigenvalue weighted by atomic mass is 10.1. The summed E-state index contributed by atoms with van der Waals surface area (Å²) in [7, 11) is 0. The van der Waals surface area contributed by atoms with E-state index in [4.69, 9.17) is 4.74 Å². The van der Waals surface area contributed by atoms with Crippen molar-refractivity contribution in [2.24, 2.45) is 11.8 Å². The van der Waals surface area contributed by atoms with Gasteiger partial charge in [0.2, 0.25) is 0 Å². The molecule has 78 valence electrons. The smallest absolute Gasteiger partial charge is 0.0507 e. The summed E-state index contributed by atoms with van der Waals surface area (Å²) in [6.45, 7) is 8.83. The van der Waals surface area contributed by atoms with Crippen molar-refractivity contribution in [2.75, 3.05) is 26.3 Å². The van der Waals surface area contributed by atoms with Gasteiger partial charge in [-0.05, 0) is 31.2 Å². The van der Waals surface area contributed by atoms with Crippen LogP contribution >= 0.6 is 0 Å². The molecule has 0 bridgehead atoms. The zero-order valence-corrected chi connectivity index (χ0v) is 9.01. The first kappa shape index (κ1) is 11.0. The van der Waals surface area contributed by atoms with Gasteiger partial charge in [-0.2, -0.15) is 0 Å². The molecule has 0 aromatic carbocycles. The molecule has 0 spiro atoms. The van der Waals surface area contributed by atoms with Gasteiger partial charge in [0, 0.05) is 13.2 Å². The molecule has 0 radical (unpaired) electrons. The van der Waals surface area contributed by atoms with Gasteiger partial charge in [-0.15, -0.1) is 0 Å². The van der Waals surface area contributed by atoms with Crippen LogP contribution in [0.2, 0.25) is 0 Å². The van der Waals surface area contributed by atoms with Crippen molar-refractivity contribution in [1.29, 1.82) is 0 Å². The molecule has 13 heavy (non-hydrogen) atoms. The number of hydrogen-bond donors (Lipinski definition) is 1. The van der Waals surface area contributed by atoms with E-state index in [1.165, 1.54) is 25.8 Å². The average Bonchev–Trinajstić information content (AvgIpc) is 2.57. The highest BCUT2D eigenvalue weighted by Gasteiger charge is 2.14. The van der Waals surface area contributed by atoms with E-state index in [0.717, 1.165) is 31.6 Å². The second kappa shape index (κ2) is 6.39. The minimum absolute atomic E-state index is 0.772. The summed E-state index contributed by atoms with van der Waals surface area (Å²) in [6, 6.07) is 0. The molecule has 1 heterocycles. The number of hydrogen-bond acceptors (Lipinski definition) is 2. The molecule has 1 aliphatic rings. The summed E-state index contributed by atoms with van der Waals surface area (Å²) in [4.78, 5) is 0. The van der Waals surface area contributed by atoms with Crippen LogP contribution in [0.3, 0.4) is 0 Å². The van der Waals surface area contributed by atoms with Crippen molar-refractivity contribution < 1.29 is 4.74 Å². The summed E-state index contributed by atoms with van der Waals surface area (Å²) < 4.78 is 5.32. The third kappa shape index (κ3) is 4.63. The van der Waals surface area contributed by atoms with Gasteiger partial charge < -0.3 is 10.1 Å². The van der Waals surface area contributed by atoms with Gasteiger partial charge >= 0.3 is 0 Å². The molecular weight excluding hydrogens is 162 g/mol. The van der Waals surface area contributed by atoms with Gasteiger partial charge in [0.05, 0.1) is 6.61 Å². The van der Waals surface area contributed by atoms with E-state index in [9.17, 15) is 0 Å². The highest BCUT2D eigenvalue weighted by Crippen LogP contribution is 2.11. The van der Waals surface area contributed by atoms with E-state index < -0.39 is 0 Å². The topological polar surface area (TPSA) is 21.3 Å². The fraction of sp³-hybridized carbons (Fsp3) is 1.00. The summed E-state index contributed by atoms with van der Waals surface area (Å²) >= 11 is 0. The molecule has 0 aromatic rings. The monoisotopic (exact) mass is 185 g/mol. The number of nitrogens with one attached hydrogen (secondary N) is 1. The zero-order valence-electron chi connectivity index (χ0n) is 9.01. The molecule has 0 aromatic heterocycles. The van der Waals surface area contributed by atoms with Gasteiger partial charge in [-0.25, -0.2) is 0 Å². The Bertz CT molecular complexity index is 121. The van der Waals surface area contributed by atoms with Crippen LogP contribution in [0.5, 0.6) is 0 Å². The second-order valence-electron chi connectivity index (χ2n) is 4.28. The second-order valence-corrected chi connectivity index (χ2v) is 4.28. The van der Waals surface area contributed by atoms with Crippen molar-refractivity contribution in [3.05, 3.63) is 0 Å². The van der Waals surface area contributed by atoms with Crippen molar-refractivity contribution in [3.63, 3.8) is 0 Å². The molecular formula is C11H23NO. The predicted octanol–water partition coefficient (Wildman–Crippen LogP) is 2.05. The standard InChI is InChI=1S/C11H23NO/c1-3-4-10(2)7-12-8-11-5-6-13-9-11/h10-12H,3-9H2,1-2H3. The largest absolute Gasteiger partial charge is 0.381 e. The molecule has 2 unspecified atom stereocenters. The Morgan fingerprint density at radius 1 is 1.54 bits per heavy atom. The molecule has 0 aliphatic carbocycles. The molecule has 2 heteroatoms. The highest BCUT2D eigenvalue weighted by molar-refractivity contribution is 4.67. The Labute approximate surface area is 82.0 Å². The van der Waals surface area contributed by atoms with Gasteiger partial charge in [0.25, 0.3) is 0 Å². The maximum atomic E-state index is 5.32. The lowest BCUT2D eigenvalue weighted by Crippen LogP contribution is -2.27. The summed E-state index contributed by atoms with van der Waals surface area (Å²) in [5.41, 5.74) is 0. The number of ether oxygens (including phenoxy) is 1. The van der Waals surface area contributed by atoms with E-state index >= 15 is 0 Å². The lowest BCUT2D eigenvalue weighted by Gasteiger charge is -2.13.